The largest absolute Gasteiger partial charge is 0.490 e. The molecule has 0 bridgehead atoms. The normalized spacial score (nSPS) is 19.6. The minimum absolute atomic E-state index is 0.259. The maximum absolute atomic E-state index is 11.3. The van der Waals surface area contributed by atoms with Crippen molar-refractivity contribution in [2.45, 2.75) is 25.7 Å². The van der Waals surface area contributed by atoms with Crippen LogP contribution in [-0.4, -0.2) is 24.3 Å². The van der Waals surface area contributed by atoms with Crippen molar-refractivity contribution in [3.63, 3.8) is 0 Å². The summed E-state index contributed by atoms with van der Waals surface area (Å²) in [7, 11) is 0. The van der Waals surface area contributed by atoms with Gasteiger partial charge in [-0.15, -0.1) is 0 Å². The van der Waals surface area contributed by atoms with Crippen LogP contribution in [0.4, 0.5) is 0 Å². The van der Waals surface area contributed by atoms with E-state index in [1.165, 1.54) is 0 Å². The first-order valence-corrected chi connectivity index (χ1v) is 6.85. The molecule has 3 rings (SSSR count). The topological polar surface area (TPSA) is 55.8 Å². The first-order valence-electron chi connectivity index (χ1n) is 6.85. The Bertz CT molecular complexity index is 479. The van der Waals surface area contributed by atoms with E-state index in [-0.39, 0.29) is 5.92 Å². The van der Waals surface area contributed by atoms with Crippen molar-refractivity contribution >= 4 is 5.97 Å². The highest BCUT2D eigenvalue weighted by molar-refractivity contribution is 5.71. The number of rotatable bonds is 4. The Kier molecular flexibility index (Phi) is 3.32. The molecule has 1 unspecified atom stereocenters. The summed E-state index contributed by atoms with van der Waals surface area (Å²) in [6.45, 7) is 1.33. The number of benzene rings is 1. The number of ether oxygens (including phenoxy) is 2. The van der Waals surface area contributed by atoms with Gasteiger partial charge in [-0.3, -0.25) is 4.79 Å². The van der Waals surface area contributed by atoms with Crippen LogP contribution in [0, 0.1) is 11.8 Å². The van der Waals surface area contributed by atoms with Crippen molar-refractivity contribution in [1.29, 1.82) is 0 Å². The Balaban J connectivity index is 1.77. The third-order valence-electron chi connectivity index (χ3n) is 3.78. The molecule has 0 saturated heterocycles. The molecule has 1 atom stereocenters. The molecular formula is C15H18O4. The highest BCUT2D eigenvalue weighted by Gasteiger charge is 2.36. The zero-order valence-electron chi connectivity index (χ0n) is 10.8. The number of aliphatic carboxylic acids is 1. The SMILES string of the molecule is O=C(O)C(Cc1ccc2c(c1)OCCCO2)C1CC1. The Morgan fingerprint density at radius 3 is 2.68 bits per heavy atom. The van der Waals surface area contributed by atoms with Gasteiger partial charge in [0.25, 0.3) is 0 Å². The molecule has 102 valence electrons. The molecule has 2 aliphatic rings. The fourth-order valence-corrected chi connectivity index (χ4v) is 2.54. The Labute approximate surface area is 112 Å². The van der Waals surface area contributed by atoms with Gasteiger partial charge in [0.1, 0.15) is 0 Å². The van der Waals surface area contributed by atoms with E-state index in [9.17, 15) is 9.90 Å². The number of hydrogen-bond donors (Lipinski definition) is 1. The van der Waals surface area contributed by atoms with E-state index in [1.54, 1.807) is 0 Å². The van der Waals surface area contributed by atoms with Crippen LogP contribution in [0.2, 0.25) is 0 Å². The molecule has 1 aliphatic heterocycles. The Hall–Kier alpha value is -1.71. The van der Waals surface area contributed by atoms with Gasteiger partial charge in [0.05, 0.1) is 19.1 Å². The average Bonchev–Trinajstić information content (AvgIpc) is 3.22. The molecule has 1 aromatic carbocycles. The van der Waals surface area contributed by atoms with Gasteiger partial charge in [0, 0.05) is 6.42 Å². The van der Waals surface area contributed by atoms with Gasteiger partial charge in [-0.1, -0.05) is 6.07 Å². The van der Waals surface area contributed by atoms with Crippen LogP contribution in [0.1, 0.15) is 24.8 Å². The van der Waals surface area contributed by atoms with Crippen LogP contribution in [0.5, 0.6) is 11.5 Å². The van der Waals surface area contributed by atoms with Gasteiger partial charge in [0.2, 0.25) is 0 Å². The van der Waals surface area contributed by atoms with Crippen LogP contribution in [0.25, 0.3) is 0 Å². The molecule has 4 nitrogen and oxygen atoms in total. The van der Waals surface area contributed by atoms with E-state index >= 15 is 0 Å². The number of hydrogen-bond acceptors (Lipinski definition) is 3. The molecule has 19 heavy (non-hydrogen) atoms. The number of carboxylic acids is 1. The van der Waals surface area contributed by atoms with E-state index in [0.717, 1.165) is 36.3 Å². The third-order valence-corrected chi connectivity index (χ3v) is 3.78. The smallest absolute Gasteiger partial charge is 0.307 e. The van der Waals surface area contributed by atoms with Gasteiger partial charge in [-0.25, -0.2) is 0 Å². The third kappa shape index (κ3) is 2.83. The van der Waals surface area contributed by atoms with E-state index in [2.05, 4.69) is 0 Å². The second kappa shape index (κ2) is 5.11. The second-order valence-electron chi connectivity index (χ2n) is 5.32. The summed E-state index contributed by atoms with van der Waals surface area (Å²) < 4.78 is 11.2. The van der Waals surface area contributed by atoms with Crippen LogP contribution in [-0.2, 0) is 11.2 Å². The summed E-state index contributed by atoms with van der Waals surface area (Å²) in [6, 6.07) is 5.77. The average molecular weight is 262 g/mol. The lowest BCUT2D eigenvalue weighted by atomic mass is 9.95. The minimum Gasteiger partial charge on any atom is -0.490 e. The predicted octanol–water partition coefficient (Wildman–Crippen LogP) is 2.50. The quantitative estimate of drug-likeness (QED) is 0.905. The molecule has 1 fully saturated rings. The van der Waals surface area contributed by atoms with Crippen LogP contribution in [0.15, 0.2) is 18.2 Å². The van der Waals surface area contributed by atoms with Gasteiger partial charge < -0.3 is 14.6 Å². The Morgan fingerprint density at radius 2 is 2.00 bits per heavy atom. The summed E-state index contributed by atoms with van der Waals surface area (Å²) >= 11 is 0. The summed E-state index contributed by atoms with van der Waals surface area (Å²) in [4.78, 5) is 11.3. The van der Waals surface area contributed by atoms with E-state index in [0.29, 0.717) is 25.6 Å². The van der Waals surface area contributed by atoms with Crippen molar-refractivity contribution in [2.75, 3.05) is 13.2 Å². The summed E-state index contributed by atoms with van der Waals surface area (Å²) in [5.74, 6) is 0.919. The monoisotopic (exact) mass is 262 g/mol. The van der Waals surface area contributed by atoms with Crippen molar-refractivity contribution in [2.24, 2.45) is 11.8 Å². The number of carboxylic acid groups (broad SMARTS) is 1. The maximum atomic E-state index is 11.3. The molecule has 1 heterocycles. The zero-order chi connectivity index (χ0) is 13.2. The molecule has 1 saturated carbocycles. The van der Waals surface area contributed by atoms with E-state index in [4.69, 9.17) is 9.47 Å². The zero-order valence-corrected chi connectivity index (χ0v) is 10.8. The number of carbonyl (C=O) groups is 1. The van der Waals surface area contributed by atoms with Crippen molar-refractivity contribution in [3.8, 4) is 11.5 Å². The fourth-order valence-electron chi connectivity index (χ4n) is 2.54. The highest BCUT2D eigenvalue weighted by atomic mass is 16.5. The van der Waals surface area contributed by atoms with Gasteiger partial charge in [0.15, 0.2) is 11.5 Å². The van der Waals surface area contributed by atoms with E-state index in [1.807, 2.05) is 18.2 Å². The molecule has 0 spiro atoms. The molecule has 4 heteroatoms. The lowest BCUT2D eigenvalue weighted by molar-refractivity contribution is -0.142. The van der Waals surface area contributed by atoms with Gasteiger partial charge in [-0.2, -0.15) is 0 Å². The second-order valence-corrected chi connectivity index (χ2v) is 5.32. The molecule has 0 aromatic heterocycles. The van der Waals surface area contributed by atoms with Crippen LogP contribution in [0.3, 0.4) is 0 Å². The van der Waals surface area contributed by atoms with Crippen molar-refractivity contribution in [3.05, 3.63) is 23.8 Å². The summed E-state index contributed by atoms with van der Waals surface area (Å²) in [5.41, 5.74) is 1.02. The molecule has 1 aliphatic carbocycles. The Morgan fingerprint density at radius 1 is 1.26 bits per heavy atom. The lowest BCUT2D eigenvalue weighted by Crippen LogP contribution is -2.18. The van der Waals surface area contributed by atoms with Crippen LogP contribution < -0.4 is 9.47 Å². The summed E-state index contributed by atoms with van der Waals surface area (Å²) in [6.07, 6.45) is 3.55. The standard InChI is InChI=1S/C15H18O4/c16-15(17)12(11-3-4-11)8-10-2-5-13-14(9-10)19-7-1-6-18-13/h2,5,9,11-12H,1,3-4,6-8H2,(H,16,17). The maximum Gasteiger partial charge on any atom is 0.307 e. The van der Waals surface area contributed by atoms with Crippen molar-refractivity contribution < 1.29 is 19.4 Å². The van der Waals surface area contributed by atoms with E-state index < -0.39 is 5.97 Å². The summed E-state index contributed by atoms with van der Waals surface area (Å²) in [5, 5.41) is 9.27. The minimum atomic E-state index is -0.686. The first-order chi connectivity index (χ1) is 9.24. The molecular weight excluding hydrogens is 244 g/mol. The fraction of sp³-hybridized carbons (Fsp3) is 0.533. The van der Waals surface area contributed by atoms with Gasteiger partial charge in [-0.05, 0) is 42.9 Å². The van der Waals surface area contributed by atoms with Crippen molar-refractivity contribution in [1.82, 2.24) is 0 Å². The molecule has 1 aromatic rings. The predicted molar refractivity (Wildman–Crippen MR) is 69.6 cm³/mol. The lowest BCUT2D eigenvalue weighted by Gasteiger charge is -2.13. The van der Waals surface area contributed by atoms with Gasteiger partial charge >= 0.3 is 5.97 Å². The highest BCUT2D eigenvalue weighted by Crippen LogP contribution is 2.39. The first kappa shape index (κ1) is 12.3. The molecule has 0 radical (unpaired) electrons. The molecule has 0 amide bonds. The molecule has 1 N–H and O–H groups in total. The van der Waals surface area contributed by atoms with Crippen LogP contribution >= 0.6 is 0 Å². The number of fused-ring (bicyclic) bond motifs is 1.